The second kappa shape index (κ2) is 8.70. The molecule has 0 saturated carbocycles. The Bertz CT molecular complexity index is 809. The Morgan fingerprint density at radius 1 is 1.15 bits per heavy atom. The number of hydrogen-bond acceptors (Lipinski definition) is 5. The first kappa shape index (κ1) is 19.6. The van der Waals surface area contributed by atoms with E-state index in [1.807, 2.05) is 30.3 Å². The van der Waals surface area contributed by atoms with Crippen molar-refractivity contribution in [3.8, 4) is 5.75 Å². The summed E-state index contributed by atoms with van der Waals surface area (Å²) >= 11 is 0. The van der Waals surface area contributed by atoms with Crippen LogP contribution in [0.1, 0.15) is 12.0 Å². The van der Waals surface area contributed by atoms with Gasteiger partial charge in [-0.1, -0.05) is 30.3 Å². The SMILES string of the molecule is COC(=O)[C@@H](Cc1ccccc1)N1CCCOP1(=O)c1ccc(OC)cc1. The van der Waals surface area contributed by atoms with E-state index in [1.165, 1.54) is 7.11 Å². The highest BCUT2D eigenvalue weighted by atomic mass is 31.2. The van der Waals surface area contributed by atoms with Gasteiger partial charge in [-0.15, -0.1) is 0 Å². The normalized spacial score (nSPS) is 21.4. The van der Waals surface area contributed by atoms with Gasteiger partial charge in [0, 0.05) is 6.54 Å². The molecule has 1 aliphatic rings. The highest BCUT2D eigenvalue weighted by Gasteiger charge is 2.44. The average Bonchev–Trinajstić information content (AvgIpc) is 2.73. The van der Waals surface area contributed by atoms with E-state index in [9.17, 15) is 9.36 Å². The molecule has 0 radical (unpaired) electrons. The molecule has 6 nitrogen and oxygen atoms in total. The van der Waals surface area contributed by atoms with E-state index in [1.54, 1.807) is 36.0 Å². The van der Waals surface area contributed by atoms with Crippen LogP contribution in [0.25, 0.3) is 0 Å². The van der Waals surface area contributed by atoms with Gasteiger partial charge in [0.1, 0.15) is 11.8 Å². The molecule has 1 saturated heterocycles. The summed E-state index contributed by atoms with van der Waals surface area (Å²) in [5.74, 6) is 0.251. The lowest BCUT2D eigenvalue weighted by Crippen LogP contribution is -2.46. The van der Waals surface area contributed by atoms with Crippen molar-refractivity contribution in [2.24, 2.45) is 0 Å². The van der Waals surface area contributed by atoms with Crippen molar-refractivity contribution >= 4 is 18.8 Å². The molecular formula is C20H24NO5P. The van der Waals surface area contributed by atoms with Crippen molar-refractivity contribution in [1.29, 1.82) is 0 Å². The van der Waals surface area contributed by atoms with Gasteiger partial charge in [0.25, 0.3) is 0 Å². The predicted molar refractivity (Wildman–Crippen MR) is 103 cm³/mol. The first-order valence-electron chi connectivity index (χ1n) is 8.86. The molecule has 0 bridgehead atoms. The summed E-state index contributed by atoms with van der Waals surface area (Å²) < 4.78 is 31.5. The van der Waals surface area contributed by atoms with Gasteiger partial charge < -0.3 is 14.0 Å². The summed E-state index contributed by atoms with van der Waals surface area (Å²) in [5, 5.41) is 0.546. The topological polar surface area (TPSA) is 65.1 Å². The Morgan fingerprint density at radius 2 is 1.85 bits per heavy atom. The zero-order valence-electron chi connectivity index (χ0n) is 15.5. The Balaban J connectivity index is 1.96. The highest BCUT2D eigenvalue weighted by molar-refractivity contribution is 7.64. The summed E-state index contributed by atoms with van der Waals surface area (Å²) in [4.78, 5) is 12.6. The Morgan fingerprint density at radius 3 is 2.48 bits per heavy atom. The lowest BCUT2D eigenvalue weighted by atomic mass is 10.1. The van der Waals surface area contributed by atoms with Crippen molar-refractivity contribution in [1.82, 2.24) is 4.67 Å². The third kappa shape index (κ3) is 4.24. The van der Waals surface area contributed by atoms with Gasteiger partial charge in [0.15, 0.2) is 0 Å². The van der Waals surface area contributed by atoms with Gasteiger partial charge in [-0.05, 0) is 42.7 Å². The van der Waals surface area contributed by atoms with E-state index in [0.29, 0.717) is 37.0 Å². The molecule has 0 aromatic heterocycles. The number of nitrogens with zero attached hydrogens (tertiary/aromatic N) is 1. The fraction of sp³-hybridized carbons (Fsp3) is 0.350. The Hall–Kier alpha value is -2.14. The number of rotatable bonds is 6. The zero-order valence-corrected chi connectivity index (χ0v) is 16.4. The van der Waals surface area contributed by atoms with Crippen molar-refractivity contribution < 1.29 is 23.4 Å². The monoisotopic (exact) mass is 389 g/mol. The van der Waals surface area contributed by atoms with Crippen LogP contribution in [-0.4, -0.2) is 44.1 Å². The minimum absolute atomic E-state index is 0.388. The molecule has 0 amide bonds. The van der Waals surface area contributed by atoms with E-state index in [2.05, 4.69) is 0 Å². The van der Waals surface area contributed by atoms with Gasteiger partial charge in [-0.2, -0.15) is 0 Å². The third-order valence-electron chi connectivity index (χ3n) is 4.64. The molecular weight excluding hydrogens is 365 g/mol. The van der Waals surface area contributed by atoms with Crippen molar-refractivity contribution in [3.05, 3.63) is 60.2 Å². The van der Waals surface area contributed by atoms with E-state index in [4.69, 9.17) is 14.0 Å². The number of methoxy groups -OCH3 is 2. The van der Waals surface area contributed by atoms with Crippen LogP contribution >= 0.6 is 7.52 Å². The lowest BCUT2D eigenvalue weighted by Gasteiger charge is -2.39. The van der Waals surface area contributed by atoms with Gasteiger partial charge >= 0.3 is 13.5 Å². The molecule has 1 unspecified atom stereocenters. The molecule has 3 rings (SSSR count). The molecule has 0 N–H and O–H groups in total. The van der Waals surface area contributed by atoms with Gasteiger partial charge in [-0.3, -0.25) is 9.36 Å². The number of carbonyl (C=O) groups is 1. The number of esters is 1. The molecule has 2 aromatic rings. The molecule has 1 fully saturated rings. The maximum Gasteiger partial charge on any atom is 0.323 e. The summed E-state index contributed by atoms with van der Waals surface area (Å²) in [6.07, 6.45) is 1.10. The van der Waals surface area contributed by atoms with E-state index in [-0.39, 0.29) is 0 Å². The van der Waals surface area contributed by atoms with Gasteiger partial charge in [-0.25, -0.2) is 4.67 Å². The molecule has 0 aliphatic carbocycles. The molecule has 144 valence electrons. The number of carbonyl (C=O) groups excluding carboxylic acids is 1. The third-order valence-corrected chi connectivity index (χ3v) is 7.28. The quantitative estimate of drug-likeness (QED) is 0.559. The fourth-order valence-electron chi connectivity index (χ4n) is 3.24. The molecule has 27 heavy (non-hydrogen) atoms. The first-order chi connectivity index (χ1) is 13.1. The largest absolute Gasteiger partial charge is 0.497 e. The highest BCUT2D eigenvalue weighted by Crippen LogP contribution is 2.53. The molecule has 0 spiro atoms. The summed E-state index contributed by atoms with van der Waals surface area (Å²) in [7, 11) is -0.462. The van der Waals surface area contributed by atoms with Crippen molar-refractivity contribution in [2.45, 2.75) is 18.9 Å². The van der Waals surface area contributed by atoms with Crippen molar-refractivity contribution in [3.63, 3.8) is 0 Å². The summed E-state index contributed by atoms with van der Waals surface area (Å²) in [5.41, 5.74) is 0.972. The van der Waals surface area contributed by atoms with Crippen LogP contribution < -0.4 is 10.0 Å². The maximum absolute atomic E-state index is 13.9. The van der Waals surface area contributed by atoms with Crippen LogP contribution in [-0.2, 0) is 25.0 Å². The first-order valence-corrected chi connectivity index (χ1v) is 10.4. The fourth-order valence-corrected chi connectivity index (χ4v) is 5.68. The van der Waals surface area contributed by atoms with Gasteiger partial charge in [0.2, 0.25) is 0 Å². The number of ether oxygens (including phenoxy) is 2. The molecule has 7 heteroatoms. The van der Waals surface area contributed by atoms with Crippen LogP contribution in [0.2, 0.25) is 0 Å². The summed E-state index contributed by atoms with van der Waals surface area (Å²) in [6.45, 7) is 0.884. The van der Waals surface area contributed by atoms with Crippen LogP contribution in [0.4, 0.5) is 0 Å². The minimum atomic E-state index is -3.39. The maximum atomic E-state index is 13.9. The summed E-state index contributed by atoms with van der Waals surface area (Å²) in [6, 6.07) is 15.9. The van der Waals surface area contributed by atoms with E-state index >= 15 is 0 Å². The average molecular weight is 389 g/mol. The van der Waals surface area contributed by atoms with Crippen LogP contribution in [0, 0.1) is 0 Å². The standard InChI is InChI=1S/C20H24NO5P/c1-24-17-9-11-18(12-10-17)27(23)21(13-6-14-26-27)19(20(22)25-2)15-16-7-4-3-5-8-16/h3-5,7-12,19H,6,13-15H2,1-2H3/t19-,27?/m1/s1. The Labute approximate surface area is 159 Å². The smallest absolute Gasteiger partial charge is 0.323 e. The molecule has 2 aromatic carbocycles. The Kier molecular flexibility index (Phi) is 6.32. The van der Waals surface area contributed by atoms with Crippen LogP contribution in [0.5, 0.6) is 5.75 Å². The van der Waals surface area contributed by atoms with E-state index in [0.717, 1.165) is 5.56 Å². The number of hydrogen-bond donors (Lipinski definition) is 0. The molecule has 1 aliphatic heterocycles. The predicted octanol–water partition coefficient (Wildman–Crippen LogP) is 3.02. The molecule has 2 atom stereocenters. The lowest BCUT2D eigenvalue weighted by molar-refractivity contribution is -0.145. The zero-order chi connectivity index (χ0) is 19.3. The van der Waals surface area contributed by atoms with Gasteiger partial charge in [0.05, 0.1) is 26.1 Å². The second-order valence-electron chi connectivity index (χ2n) is 6.30. The second-order valence-corrected chi connectivity index (χ2v) is 8.63. The number of benzene rings is 2. The van der Waals surface area contributed by atoms with Crippen LogP contribution in [0.3, 0.4) is 0 Å². The minimum Gasteiger partial charge on any atom is -0.497 e. The van der Waals surface area contributed by atoms with Crippen molar-refractivity contribution in [2.75, 3.05) is 27.4 Å². The van der Waals surface area contributed by atoms with Crippen LogP contribution in [0.15, 0.2) is 54.6 Å². The van der Waals surface area contributed by atoms with E-state index < -0.39 is 19.5 Å². The molecule has 1 heterocycles.